The summed E-state index contributed by atoms with van der Waals surface area (Å²) in [5, 5.41) is 12.2. The minimum atomic E-state index is -4.40. The molecule has 2 aromatic rings. The molecule has 2 aromatic carbocycles. The molecule has 27 heavy (non-hydrogen) atoms. The number of alkyl halides is 3. The van der Waals surface area contributed by atoms with Crippen LogP contribution in [0, 0.1) is 11.7 Å². The Labute approximate surface area is 153 Å². The zero-order chi connectivity index (χ0) is 19.3. The van der Waals surface area contributed by atoms with Gasteiger partial charge in [-0.25, -0.2) is 9.18 Å². The average molecular weight is 379 g/mol. The van der Waals surface area contributed by atoms with E-state index in [4.69, 9.17) is 5.11 Å². The van der Waals surface area contributed by atoms with E-state index in [9.17, 15) is 22.4 Å². The number of halogens is 4. The smallest absolute Gasteiger partial charge is 0.416 e. The van der Waals surface area contributed by atoms with Crippen molar-refractivity contribution >= 4 is 11.7 Å². The molecule has 0 aromatic heterocycles. The summed E-state index contributed by atoms with van der Waals surface area (Å²) in [6.45, 7) is 0. The molecule has 0 spiro atoms. The lowest BCUT2D eigenvalue weighted by Crippen LogP contribution is -2.30. The van der Waals surface area contributed by atoms with Crippen molar-refractivity contribution in [3.63, 3.8) is 0 Å². The minimum Gasteiger partial charge on any atom is -0.478 e. The molecular weight excluding hydrogens is 362 g/mol. The van der Waals surface area contributed by atoms with Gasteiger partial charge in [0.15, 0.2) is 0 Å². The van der Waals surface area contributed by atoms with Crippen LogP contribution in [0.1, 0.15) is 58.3 Å². The van der Waals surface area contributed by atoms with Crippen LogP contribution in [0.2, 0.25) is 0 Å². The van der Waals surface area contributed by atoms with Crippen molar-refractivity contribution in [1.82, 2.24) is 0 Å². The Bertz CT molecular complexity index is 909. The molecule has 4 rings (SSSR count). The maximum absolute atomic E-state index is 14.6. The molecule has 0 saturated heterocycles. The number of carbonyl (C=O) groups is 1. The van der Waals surface area contributed by atoms with E-state index in [-0.39, 0.29) is 17.4 Å². The van der Waals surface area contributed by atoms with Gasteiger partial charge in [-0.15, -0.1) is 0 Å². The molecule has 142 valence electrons. The number of nitrogens with one attached hydrogen (secondary N) is 1. The van der Waals surface area contributed by atoms with Gasteiger partial charge in [0.05, 0.1) is 17.2 Å². The lowest BCUT2D eigenvalue weighted by molar-refractivity contribution is -0.137. The number of benzene rings is 2. The van der Waals surface area contributed by atoms with Gasteiger partial charge in [-0.3, -0.25) is 0 Å². The second-order valence-electron chi connectivity index (χ2n) is 7.16. The first-order chi connectivity index (χ1) is 12.8. The zero-order valence-corrected chi connectivity index (χ0v) is 14.2. The summed E-state index contributed by atoms with van der Waals surface area (Å²) < 4.78 is 53.8. The standard InChI is InChI=1S/C20H17F4NO2/c21-16-8-10(19(26)27)4-6-14(16)18-13-3-1-2-12(13)15-9-11(20(22,23)24)5-7-17(15)25-18/h4-9,12-13,18,25H,1-3H2,(H,26,27)/t12-,13+,18-/m1/s1. The predicted molar refractivity (Wildman–Crippen MR) is 91.2 cm³/mol. The summed E-state index contributed by atoms with van der Waals surface area (Å²) in [4.78, 5) is 11.0. The van der Waals surface area contributed by atoms with Gasteiger partial charge in [-0.2, -0.15) is 13.2 Å². The highest BCUT2D eigenvalue weighted by Gasteiger charge is 2.42. The van der Waals surface area contributed by atoms with Crippen LogP contribution in [-0.4, -0.2) is 11.1 Å². The number of rotatable bonds is 2. The van der Waals surface area contributed by atoms with Crippen LogP contribution in [0.15, 0.2) is 36.4 Å². The molecule has 7 heteroatoms. The summed E-state index contributed by atoms with van der Waals surface area (Å²) in [5.41, 5.74) is 0.751. The van der Waals surface area contributed by atoms with Crippen LogP contribution in [0.5, 0.6) is 0 Å². The molecule has 3 nitrogen and oxygen atoms in total. The third kappa shape index (κ3) is 3.05. The molecule has 2 aliphatic rings. The monoisotopic (exact) mass is 379 g/mol. The molecule has 1 saturated carbocycles. The summed E-state index contributed by atoms with van der Waals surface area (Å²) in [5.74, 6) is -1.94. The van der Waals surface area contributed by atoms with E-state index in [1.54, 1.807) is 0 Å². The largest absolute Gasteiger partial charge is 0.478 e. The SMILES string of the molecule is O=C(O)c1ccc([C@@H]2Nc3ccc(C(F)(F)F)cc3[C@@H]3CCC[C@@H]32)c(F)c1. The van der Waals surface area contributed by atoms with E-state index < -0.39 is 29.6 Å². The Balaban J connectivity index is 1.75. The molecular formula is C20H17F4NO2. The van der Waals surface area contributed by atoms with Gasteiger partial charge in [0.25, 0.3) is 0 Å². The number of aromatic carboxylic acids is 1. The Morgan fingerprint density at radius 1 is 1.07 bits per heavy atom. The number of hydrogen-bond donors (Lipinski definition) is 2. The van der Waals surface area contributed by atoms with Crippen molar-refractivity contribution in [2.75, 3.05) is 5.32 Å². The third-order valence-electron chi connectivity index (χ3n) is 5.67. The summed E-state index contributed by atoms with van der Waals surface area (Å²) in [6.07, 6.45) is -2.01. The van der Waals surface area contributed by atoms with Crippen molar-refractivity contribution in [1.29, 1.82) is 0 Å². The molecule has 2 N–H and O–H groups in total. The van der Waals surface area contributed by atoms with Crippen LogP contribution >= 0.6 is 0 Å². The highest BCUT2D eigenvalue weighted by Crippen LogP contribution is 2.53. The van der Waals surface area contributed by atoms with Crippen molar-refractivity contribution in [2.45, 2.75) is 37.4 Å². The lowest BCUT2D eigenvalue weighted by atomic mass is 9.76. The van der Waals surface area contributed by atoms with Gasteiger partial charge in [0.1, 0.15) is 5.82 Å². The Morgan fingerprint density at radius 2 is 1.85 bits per heavy atom. The van der Waals surface area contributed by atoms with Crippen LogP contribution in [0.4, 0.5) is 23.2 Å². The molecule has 0 amide bonds. The number of fused-ring (bicyclic) bond motifs is 3. The summed E-state index contributed by atoms with van der Waals surface area (Å²) >= 11 is 0. The minimum absolute atomic E-state index is 0.0360. The second kappa shape index (κ2) is 6.25. The van der Waals surface area contributed by atoms with E-state index in [1.807, 2.05) is 0 Å². The summed E-state index contributed by atoms with van der Waals surface area (Å²) in [7, 11) is 0. The zero-order valence-electron chi connectivity index (χ0n) is 14.2. The van der Waals surface area contributed by atoms with Crippen molar-refractivity contribution in [3.8, 4) is 0 Å². The molecule has 1 fully saturated rings. The number of hydrogen-bond acceptors (Lipinski definition) is 2. The van der Waals surface area contributed by atoms with Gasteiger partial charge in [-0.1, -0.05) is 12.5 Å². The van der Waals surface area contributed by atoms with Crippen LogP contribution in [-0.2, 0) is 6.18 Å². The normalized spacial score (nSPS) is 24.1. The van der Waals surface area contributed by atoms with Gasteiger partial charge in [0, 0.05) is 11.3 Å². The maximum Gasteiger partial charge on any atom is 0.416 e. The van der Waals surface area contributed by atoms with Crippen LogP contribution < -0.4 is 5.32 Å². The Hall–Kier alpha value is -2.57. The first-order valence-corrected chi connectivity index (χ1v) is 8.76. The summed E-state index contributed by atoms with van der Waals surface area (Å²) in [6, 6.07) is 7.04. The third-order valence-corrected chi connectivity index (χ3v) is 5.67. The average Bonchev–Trinajstić information content (AvgIpc) is 3.10. The van der Waals surface area contributed by atoms with Gasteiger partial charge >= 0.3 is 12.1 Å². The van der Waals surface area contributed by atoms with E-state index in [2.05, 4.69) is 5.32 Å². The predicted octanol–water partition coefficient (Wildman–Crippen LogP) is 5.59. The first-order valence-electron chi connectivity index (χ1n) is 8.76. The highest BCUT2D eigenvalue weighted by molar-refractivity contribution is 5.87. The second-order valence-corrected chi connectivity index (χ2v) is 7.16. The molecule has 1 heterocycles. The Kier molecular flexibility index (Phi) is 4.13. The van der Waals surface area contributed by atoms with Crippen LogP contribution in [0.25, 0.3) is 0 Å². The molecule has 1 aliphatic heterocycles. The van der Waals surface area contributed by atoms with E-state index in [0.717, 1.165) is 31.4 Å². The maximum atomic E-state index is 14.6. The van der Waals surface area contributed by atoms with E-state index in [1.165, 1.54) is 24.3 Å². The van der Waals surface area contributed by atoms with Crippen LogP contribution in [0.3, 0.4) is 0 Å². The van der Waals surface area contributed by atoms with Gasteiger partial charge in [0.2, 0.25) is 0 Å². The Morgan fingerprint density at radius 3 is 2.52 bits per heavy atom. The van der Waals surface area contributed by atoms with Crippen molar-refractivity contribution < 1.29 is 27.5 Å². The first kappa shape index (κ1) is 17.8. The fourth-order valence-electron chi connectivity index (χ4n) is 4.45. The molecule has 0 radical (unpaired) electrons. The van der Waals surface area contributed by atoms with Crippen molar-refractivity contribution in [3.05, 3.63) is 64.5 Å². The fraction of sp³-hybridized carbons (Fsp3) is 0.350. The van der Waals surface area contributed by atoms with Crippen molar-refractivity contribution in [2.24, 2.45) is 5.92 Å². The number of carboxylic acids is 1. The van der Waals surface area contributed by atoms with E-state index in [0.29, 0.717) is 16.8 Å². The van der Waals surface area contributed by atoms with Gasteiger partial charge in [-0.05, 0) is 60.6 Å². The number of carboxylic acid groups (broad SMARTS) is 1. The quantitative estimate of drug-likeness (QED) is 0.669. The molecule has 1 aliphatic carbocycles. The molecule has 0 unspecified atom stereocenters. The number of anilines is 1. The topological polar surface area (TPSA) is 49.3 Å². The van der Waals surface area contributed by atoms with E-state index >= 15 is 0 Å². The molecule has 0 bridgehead atoms. The highest BCUT2D eigenvalue weighted by atomic mass is 19.4. The molecule has 3 atom stereocenters. The fourth-order valence-corrected chi connectivity index (χ4v) is 4.45. The lowest BCUT2D eigenvalue weighted by Gasteiger charge is -2.38. The van der Waals surface area contributed by atoms with Gasteiger partial charge < -0.3 is 10.4 Å².